The third-order valence-corrected chi connectivity index (χ3v) is 8.11. The van der Waals surface area contributed by atoms with Crippen LogP contribution in [0.1, 0.15) is 30.5 Å². The van der Waals surface area contributed by atoms with Crippen LogP contribution < -0.4 is 0 Å². The summed E-state index contributed by atoms with van der Waals surface area (Å²) >= 11 is 0. The SMILES string of the molecule is CC(C)OCCOCCOCCOCCOCCOCCOCCOCCOCCOCCOCCOC(c1ccccc1)(c1ccccc1)c1ccccc1. The summed E-state index contributed by atoms with van der Waals surface area (Å²) in [5.41, 5.74) is 2.45. The van der Waals surface area contributed by atoms with E-state index in [0.717, 1.165) is 16.7 Å². The minimum Gasteiger partial charge on any atom is -0.377 e. The van der Waals surface area contributed by atoms with Crippen LogP contribution in [-0.2, 0) is 62.4 Å². The van der Waals surface area contributed by atoms with Crippen LogP contribution in [0, 0.1) is 0 Å². The Hall–Kier alpha value is -2.82. The average Bonchev–Trinajstić information content (AvgIpc) is 3.23. The van der Waals surface area contributed by atoms with E-state index in [-0.39, 0.29) is 6.10 Å². The quantitative estimate of drug-likeness (QED) is 0.0534. The summed E-state index contributed by atoms with van der Waals surface area (Å²) in [6.45, 7) is 15.2. The molecule has 0 N–H and O–H groups in total. The van der Waals surface area contributed by atoms with Gasteiger partial charge in [-0.3, -0.25) is 0 Å². The number of benzene rings is 3. The molecule has 0 spiro atoms. The second-order valence-corrected chi connectivity index (χ2v) is 12.7. The van der Waals surface area contributed by atoms with Gasteiger partial charge in [-0.05, 0) is 30.5 Å². The summed E-state index contributed by atoms with van der Waals surface area (Å²) in [4.78, 5) is 0. The molecule has 0 saturated heterocycles. The van der Waals surface area contributed by atoms with Gasteiger partial charge in [0.05, 0.1) is 151 Å². The van der Waals surface area contributed by atoms with E-state index in [1.807, 2.05) is 68.4 Å². The van der Waals surface area contributed by atoms with E-state index in [1.54, 1.807) is 0 Å². The van der Waals surface area contributed by atoms with E-state index in [4.69, 9.17) is 56.8 Å². The fourth-order valence-corrected chi connectivity index (χ4v) is 5.45. The molecule has 0 aromatic heterocycles. The molecule has 314 valence electrons. The summed E-state index contributed by atoms with van der Waals surface area (Å²) < 4.78 is 67.7. The number of ether oxygens (including phenoxy) is 12. The lowest BCUT2D eigenvalue weighted by molar-refractivity contribution is -0.0399. The lowest BCUT2D eigenvalue weighted by Gasteiger charge is -2.36. The third-order valence-electron chi connectivity index (χ3n) is 8.11. The van der Waals surface area contributed by atoms with E-state index in [1.165, 1.54) is 0 Å². The minimum absolute atomic E-state index is 0.227. The Labute approximate surface area is 334 Å². The smallest absolute Gasteiger partial charge is 0.143 e. The molecular weight excluding hydrogens is 720 g/mol. The Morgan fingerprint density at radius 1 is 0.304 bits per heavy atom. The molecular formula is C44H66O12. The van der Waals surface area contributed by atoms with Gasteiger partial charge in [0.1, 0.15) is 5.60 Å². The highest BCUT2D eigenvalue weighted by molar-refractivity contribution is 5.47. The van der Waals surface area contributed by atoms with Crippen molar-refractivity contribution < 1.29 is 56.8 Å². The van der Waals surface area contributed by atoms with Gasteiger partial charge in [0.2, 0.25) is 0 Å². The predicted molar refractivity (Wildman–Crippen MR) is 214 cm³/mol. The van der Waals surface area contributed by atoms with Crippen LogP contribution in [0.15, 0.2) is 91.0 Å². The van der Waals surface area contributed by atoms with Crippen LogP contribution in [0.25, 0.3) is 0 Å². The zero-order valence-corrected chi connectivity index (χ0v) is 33.7. The zero-order chi connectivity index (χ0) is 39.5. The minimum atomic E-state index is -0.752. The lowest BCUT2D eigenvalue weighted by Crippen LogP contribution is -2.34. The van der Waals surface area contributed by atoms with Crippen LogP contribution >= 0.6 is 0 Å². The van der Waals surface area contributed by atoms with Crippen molar-refractivity contribution in [3.05, 3.63) is 108 Å². The van der Waals surface area contributed by atoms with E-state index in [0.29, 0.717) is 145 Å². The molecule has 0 aliphatic rings. The maximum Gasteiger partial charge on any atom is 0.143 e. The van der Waals surface area contributed by atoms with Gasteiger partial charge >= 0.3 is 0 Å². The first kappa shape index (κ1) is 47.6. The molecule has 0 aliphatic heterocycles. The molecule has 0 radical (unpaired) electrons. The Morgan fingerprint density at radius 3 is 0.750 bits per heavy atom. The zero-order valence-electron chi connectivity index (χ0n) is 33.7. The Balaban J connectivity index is 1.04. The van der Waals surface area contributed by atoms with Gasteiger partial charge in [-0.25, -0.2) is 0 Å². The van der Waals surface area contributed by atoms with Gasteiger partial charge in [0, 0.05) is 0 Å². The molecule has 56 heavy (non-hydrogen) atoms. The van der Waals surface area contributed by atoms with Gasteiger partial charge in [-0.1, -0.05) is 91.0 Å². The standard InChI is InChI=1S/C44H66O12/c1-40(2)55-38-36-53-34-32-51-30-28-49-26-24-47-22-20-45-18-19-46-21-23-48-25-27-50-29-31-52-33-35-54-37-39-56-44(41-12-6-3-7-13-41,42-14-8-4-9-15-42)43-16-10-5-11-17-43/h3-17,40H,18-39H2,1-2H3. The molecule has 3 aromatic carbocycles. The molecule has 0 fully saturated rings. The van der Waals surface area contributed by atoms with Crippen molar-refractivity contribution in [3.63, 3.8) is 0 Å². The topological polar surface area (TPSA) is 111 Å². The molecule has 0 atom stereocenters. The molecule has 3 aromatic rings. The highest BCUT2D eigenvalue weighted by atomic mass is 16.6. The van der Waals surface area contributed by atoms with Gasteiger partial charge in [0.15, 0.2) is 0 Å². The van der Waals surface area contributed by atoms with Crippen LogP contribution in [0.4, 0.5) is 0 Å². The van der Waals surface area contributed by atoms with Crippen LogP contribution in [-0.4, -0.2) is 151 Å². The van der Waals surface area contributed by atoms with E-state index in [9.17, 15) is 0 Å². The van der Waals surface area contributed by atoms with Crippen molar-refractivity contribution in [3.8, 4) is 0 Å². The number of hydrogen-bond donors (Lipinski definition) is 0. The molecule has 0 unspecified atom stereocenters. The van der Waals surface area contributed by atoms with Crippen molar-refractivity contribution in [2.45, 2.75) is 25.6 Å². The van der Waals surface area contributed by atoms with Crippen molar-refractivity contribution in [1.82, 2.24) is 0 Å². The van der Waals surface area contributed by atoms with Crippen LogP contribution in [0.3, 0.4) is 0 Å². The molecule has 12 nitrogen and oxygen atoms in total. The maximum absolute atomic E-state index is 6.73. The van der Waals surface area contributed by atoms with Gasteiger partial charge in [-0.2, -0.15) is 0 Å². The third kappa shape index (κ3) is 21.6. The second kappa shape index (κ2) is 33.2. The normalized spacial score (nSPS) is 11.8. The molecule has 0 saturated carbocycles. The second-order valence-electron chi connectivity index (χ2n) is 12.7. The molecule has 0 bridgehead atoms. The van der Waals surface area contributed by atoms with Crippen molar-refractivity contribution in [2.24, 2.45) is 0 Å². The largest absolute Gasteiger partial charge is 0.377 e. The van der Waals surface area contributed by atoms with Gasteiger partial charge in [-0.15, -0.1) is 0 Å². The highest BCUT2D eigenvalue weighted by Gasteiger charge is 2.37. The number of rotatable bonds is 38. The summed E-state index contributed by atoms with van der Waals surface area (Å²) in [5, 5.41) is 0. The van der Waals surface area contributed by atoms with Crippen LogP contribution in [0.2, 0.25) is 0 Å². The molecule has 12 heteroatoms. The monoisotopic (exact) mass is 786 g/mol. The maximum atomic E-state index is 6.73. The first-order chi connectivity index (χ1) is 27.7. The molecule has 0 amide bonds. The lowest BCUT2D eigenvalue weighted by atomic mass is 9.80. The first-order valence-electron chi connectivity index (χ1n) is 19.9. The van der Waals surface area contributed by atoms with Gasteiger partial charge < -0.3 is 56.8 Å². The van der Waals surface area contributed by atoms with Crippen molar-refractivity contribution >= 4 is 0 Å². The Bertz CT molecular complexity index is 1170. The highest BCUT2D eigenvalue weighted by Crippen LogP contribution is 2.40. The fraction of sp³-hybridized carbons (Fsp3) is 0.591. The molecule has 0 aliphatic carbocycles. The van der Waals surface area contributed by atoms with Crippen molar-refractivity contribution in [2.75, 3.05) is 145 Å². The Morgan fingerprint density at radius 2 is 0.518 bits per heavy atom. The summed E-state index contributed by atoms with van der Waals surface area (Å²) in [6.07, 6.45) is 0.227. The van der Waals surface area contributed by atoms with E-state index >= 15 is 0 Å². The van der Waals surface area contributed by atoms with Crippen molar-refractivity contribution in [1.29, 1.82) is 0 Å². The summed E-state index contributed by atoms with van der Waals surface area (Å²) in [5.74, 6) is 0. The number of hydrogen-bond acceptors (Lipinski definition) is 12. The molecule has 3 rings (SSSR count). The van der Waals surface area contributed by atoms with E-state index < -0.39 is 5.60 Å². The fourth-order valence-electron chi connectivity index (χ4n) is 5.45. The van der Waals surface area contributed by atoms with Gasteiger partial charge in [0.25, 0.3) is 0 Å². The summed E-state index contributed by atoms with van der Waals surface area (Å²) in [7, 11) is 0. The predicted octanol–water partition coefficient (Wildman–Crippen LogP) is 5.59. The molecule has 0 heterocycles. The van der Waals surface area contributed by atoms with Crippen LogP contribution in [0.5, 0.6) is 0 Å². The average molecular weight is 787 g/mol. The first-order valence-corrected chi connectivity index (χ1v) is 19.9. The Kier molecular flexibility index (Phi) is 28.2. The summed E-state index contributed by atoms with van der Waals surface area (Å²) in [6, 6.07) is 31.0. The van der Waals surface area contributed by atoms with E-state index in [2.05, 4.69) is 36.4 Å².